The molecule has 0 radical (unpaired) electrons. The fourth-order valence-corrected chi connectivity index (χ4v) is 3.85. The molecule has 1 heterocycles. The van der Waals surface area contributed by atoms with E-state index in [1.54, 1.807) is 0 Å². The fourth-order valence-electron chi connectivity index (χ4n) is 3.85. The molecule has 1 aliphatic heterocycles. The predicted molar refractivity (Wildman–Crippen MR) is 87.9 cm³/mol. The lowest BCUT2D eigenvalue weighted by molar-refractivity contribution is 0.228. The maximum Gasteiger partial charge on any atom is 0.0630 e. The number of rotatable bonds is 0. The van der Waals surface area contributed by atoms with E-state index >= 15 is 0 Å². The van der Waals surface area contributed by atoms with Crippen LogP contribution in [0, 0.1) is 0 Å². The van der Waals surface area contributed by atoms with Gasteiger partial charge in [0.1, 0.15) is 0 Å². The first-order chi connectivity index (χ1) is 10.1. The monoisotopic (exact) mass is 280 g/mol. The Bertz CT molecular complexity index is 751. The number of hydrogen-bond acceptors (Lipinski definition) is 4. The standard InChI is InChI=1S/C17H20N4/c1-21-5-4-10-6-11(18)8-12-15(10)14(21)7-9-2-3-13(19)17(20)16(9)12/h2-3,6,8,14H,4-5,7,18-20H2,1H3. The van der Waals surface area contributed by atoms with Crippen LogP contribution in [0.4, 0.5) is 17.1 Å². The van der Waals surface area contributed by atoms with Crippen molar-refractivity contribution in [2.24, 2.45) is 0 Å². The molecule has 1 atom stereocenters. The van der Waals surface area contributed by atoms with Crippen LogP contribution in [0.25, 0.3) is 11.1 Å². The number of fused-ring (bicyclic) bond motifs is 2. The maximum absolute atomic E-state index is 6.28. The van der Waals surface area contributed by atoms with Gasteiger partial charge in [-0.05, 0) is 60.3 Å². The van der Waals surface area contributed by atoms with Gasteiger partial charge in [-0.25, -0.2) is 0 Å². The number of hydrogen-bond donors (Lipinski definition) is 3. The quantitative estimate of drug-likeness (QED) is 0.646. The molecule has 0 fully saturated rings. The van der Waals surface area contributed by atoms with Gasteiger partial charge in [-0.2, -0.15) is 0 Å². The summed E-state index contributed by atoms with van der Waals surface area (Å²) in [6, 6.07) is 8.61. The van der Waals surface area contributed by atoms with Crippen molar-refractivity contribution in [3.8, 4) is 11.1 Å². The van der Waals surface area contributed by atoms with Crippen molar-refractivity contribution in [2.75, 3.05) is 30.8 Å². The minimum absolute atomic E-state index is 0.417. The number of benzene rings is 2. The molecule has 1 unspecified atom stereocenters. The number of likely N-dealkylation sites (N-methyl/N-ethyl adjacent to an activating group) is 1. The Morgan fingerprint density at radius 3 is 2.71 bits per heavy atom. The lowest BCUT2D eigenvalue weighted by Crippen LogP contribution is -2.35. The average molecular weight is 280 g/mol. The molecule has 0 saturated carbocycles. The average Bonchev–Trinajstić information content (AvgIpc) is 2.46. The van der Waals surface area contributed by atoms with Crippen molar-refractivity contribution in [1.82, 2.24) is 4.90 Å². The zero-order chi connectivity index (χ0) is 14.7. The summed E-state index contributed by atoms with van der Waals surface area (Å²) in [6.07, 6.45) is 2.03. The third-order valence-corrected chi connectivity index (χ3v) is 4.94. The molecule has 2 aliphatic rings. The smallest absolute Gasteiger partial charge is 0.0630 e. The third kappa shape index (κ3) is 1.66. The van der Waals surface area contributed by atoms with Gasteiger partial charge in [0.25, 0.3) is 0 Å². The van der Waals surface area contributed by atoms with Gasteiger partial charge >= 0.3 is 0 Å². The van der Waals surface area contributed by atoms with E-state index in [1.807, 2.05) is 6.07 Å². The Morgan fingerprint density at radius 2 is 1.90 bits per heavy atom. The summed E-state index contributed by atoms with van der Waals surface area (Å²) in [5, 5.41) is 0. The van der Waals surface area contributed by atoms with Gasteiger partial charge in [0, 0.05) is 23.8 Å². The first-order valence-electron chi connectivity index (χ1n) is 7.36. The van der Waals surface area contributed by atoms with Gasteiger partial charge in [0.2, 0.25) is 0 Å². The Balaban J connectivity index is 2.08. The minimum Gasteiger partial charge on any atom is -0.399 e. The molecule has 0 bridgehead atoms. The number of nitrogens with zero attached hydrogens (tertiary/aromatic N) is 1. The lowest BCUT2D eigenvalue weighted by atomic mass is 9.76. The second kappa shape index (κ2) is 4.15. The normalized spacial score (nSPS) is 20.0. The van der Waals surface area contributed by atoms with Crippen LogP contribution >= 0.6 is 0 Å². The van der Waals surface area contributed by atoms with Crippen LogP contribution in [-0.4, -0.2) is 18.5 Å². The number of nitrogen functional groups attached to an aromatic ring is 3. The van der Waals surface area contributed by atoms with Crippen LogP contribution in [0.1, 0.15) is 22.7 Å². The highest BCUT2D eigenvalue weighted by atomic mass is 15.1. The van der Waals surface area contributed by atoms with Gasteiger partial charge in [-0.3, -0.25) is 4.90 Å². The molecule has 21 heavy (non-hydrogen) atoms. The molecular weight excluding hydrogens is 260 g/mol. The summed E-state index contributed by atoms with van der Waals surface area (Å²) in [7, 11) is 2.19. The highest BCUT2D eigenvalue weighted by Crippen LogP contribution is 2.48. The highest BCUT2D eigenvalue weighted by molar-refractivity contribution is 5.91. The second-order valence-corrected chi connectivity index (χ2v) is 6.19. The van der Waals surface area contributed by atoms with E-state index < -0.39 is 0 Å². The molecule has 2 aromatic carbocycles. The molecule has 108 valence electrons. The molecule has 0 spiro atoms. The van der Waals surface area contributed by atoms with Crippen molar-refractivity contribution in [2.45, 2.75) is 18.9 Å². The van der Waals surface area contributed by atoms with Gasteiger partial charge < -0.3 is 17.2 Å². The lowest BCUT2D eigenvalue weighted by Gasteiger charge is -2.40. The van der Waals surface area contributed by atoms with E-state index in [0.717, 1.165) is 30.6 Å². The summed E-state index contributed by atoms with van der Waals surface area (Å²) in [5.74, 6) is 0. The number of nitrogens with two attached hydrogens (primary N) is 3. The van der Waals surface area contributed by atoms with Crippen LogP contribution in [0.2, 0.25) is 0 Å². The van der Waals surface area contributed by atoms with Crippen LogP contribution in [0.3, 0.4) is 0 Å². The molecule has 2 aromatic rings. The van der Waals surface area contributed by atoms with Crippen molar-refractivity contribution in [3.05, 3.63) is 41.0 Å². The van der Waals surface area contributed by atoms with E-state index in [0.29, 0.717) is 17.4 Å². The fraction of sp³-hybridized carbons (Fsp3) is 0.294. The molecule has 6 N–H and O–H groups in total. The van der Waals surface area contributed by atoms with Gasteiger partial charge in [0.05, 0.1) is 11.4 Å². The molecule has 0 amide bonds. The Labute approximate surface area is 124 Å². The summed E-state index contributed by atoms with van der Waals surface area (Å²) < 4.78 is 0. The van der Waals surface area contributed by atoms with Gasteiger partial charge in [0.15, 0.2) is 0 Å². The van der Waals surface area contributed by atoms with E-state index in [2.05, 4.69) is 30.1 Å². The molecule has 4 nitrogen and oxygen atoms in total. The largest absolute Gasteiger partial charge is 0.399 e. The van der Waals surface area contributed by atoms with Crippen LogP contribution in [-0.2, 0) is 12.8 Å². The van der Waals surface area contributed by atoms with E-state index in [-0.39, 0.29) is 0 Å². The van der Waals surface area contributed by atoms with Crippen LogP contribution in [0.15, 0.2) is 24.3 Å². The van der Waals surface area contributed by atoms with E-state index in [9.17, 15) is 0 Å². The summed E-state index contributed by atoms with van der Waals surface area (Å²) in [6.45, 7) is 1.07. The van der Waals surface area contributed by atoms with E-state index in [1.165, 1.54) is 22.3 Å². The van der Waals surface area contributed by atoms with Crippen molar-refractivity contribution in [3.63, 3.8) is 0 Å². The summed E-state index contributed by atoms with van der Waals surface area (Å²) in [4.78, 5) is 2.43. The van der Waals surface area contributed by atoms with Crippen LogP contribution in [0.5, 0.6) is 0 Å². The zero-order valence-electron chi connectivity index (χ0n) is 12.2. The highest BCUT2D eigenvalue weighted by Gasteiger charge is 2.33. The zero-order valence-corrected chi connectivity index (χ0v) is 12.2. The Kier molecular flexibility index (Phi) is 2.48. The molecular formula is C17H20N4. The van der Waals surface area contributed by atoms with Gasteiger partial charge in [-0.1, -0.05) is 6.07 Å². The predicted octanol–water partition coefficient (Wildman–Crippen LogP) is 2.19. The first-order valence-corrected chi connectivity index (χ1v) is 7.36. The van der Waals surface area contributed by atoms with Crippen molar-refractivity contribution < 1.29 is 0 Å². The topological polar surface area (TPSA) is 81.3 Å². The molecule has 0 saturated heterocycles. The Morgan fingerprint density at radius 1 is 1.10 bits per heavy atom. The molecule has 4 heteroatoms. The van der Waals surface area contributed by atoms with E-state index in [4.69, 9.17) is 17.2 Å². The summed E-state index contributed by atoms with van der Waals surface area (Å²) >= 11 is 0. The second-order valence-electron chi connectivity index (χ2n) is 6.19. The first kappa shape index (κ1) is 12.5. The number of anilines is 3. The maximum atomic E-state index is 6.28. The molecule has 0 aromatic heterocycles. The molecule has 1 aliphatic carbocycles. The summed E-state index contributed by atoms with van der Waals surface area (Å²) in [5.41, 5.74) is 26.8. The SMILES string of the molecule is CN1CCc2cc(N)cc3c2C1Cc1ccc(N)c(N)c1-3. The van der Waals surface area contributed by atoms with Crippen molar-refractivity contribution >= 4 is 17.1 Å². The third-order valence-electron chi connectivity index (χ3n) is 4.94. The Hall–Kier alpha value is -2.20. The van der Waals surface area contributed by atoms with Gasteiger partial charge in [-0.15, -0.1) is 0 Å². The van der Waals surface area contributed by atoms with Crippen molar-refractivity contribution in [1.29, 1.82) is 0 Å². The molecule has 4 rings (SSSR count). The van der Waals surface area contributed by atoms with Crippen LogP contribution < -0.4 is 17.2 Å². The minimum atomic E-state index is 0.417.